The molecule has 0 amide bonds. The first-order valence-corrected chi connectivity index (χ1v) is 8.10. The molecule has 0 spiro atoms. The smallest absolute Gasteiger partial charge is 0.142 e. The van der Waals surface area contributed by atoms with Gasteiger partial charge in [0.25, 0.3) is 0 Å². The molecule has 0 radical (unpaired) electrons. The molecule has 0 unspecified atom stereocenters. The second kappa shape index (κ2) is 6.81. The number of fused-ring (bicyclic) bond motifs is 1. The zero-order valence-electron chi connectivity index (χ0n) is 13.2. The third kappa shape index (κ3) is 2.75. The van der Waals surface area contributed by atoms with Crippen molar-refractivity contribution in [1.29, 1.82) is 0 Å². The molecule has 0 saturated carbocycles. The number of nitrogens with zero attached hydrogens (tertiary/aromatic N) is 3. The molecule has 0 heterocycles. The van der Waals surface area contributed by atoms with Crippen LogP contribution < -0.4 is 9.47 Å². The van der Waals surface area contributed by atoms with Crippen molar-refractivity contribution in [3.8, 4) is 11.5 Å². The molecule has 2 aromatic rings. The highest BCUT2D eigenvalue weighted by atomic mass is 35.5. The lowest BCUT2D eigenvalue weighted by Crippen LogP contribution is -2.01. The van der Waals surface area contributed by atoms with Crippen LogP contribution in [0.25, 0.3) is 10.4 Å². The second-order valence-electron chi connectivity index (χ2n) is 5.49. The lowest BCUT2D eigenvalue weighted by Gasteiger charge is -2.18. The fourth-order valence-electron chi connectivity index (χ4n) is 3.26. The van der Waals surface area contributed by atoms with Crippen molar-refractivity contribution in [2.24, 2.45) is 5.11 Å². The van der Waals surface area contributed by atoms with Crippen molar-refractivity contribution >= 4 is 23.2 Å². The lowest BCUT2D eigenvalue weighted by atomic mass is 9.92. The van der Waals surface area contributed by atoms with Crippen molar-refractivity contribution < 1.29 is 9.47 Å². The minimum atomic E-state index is -0.260. The maximum atomic E-state index is 8.88. The number of methoxy groups -OCH3 is 2. The average Bonchev–Trinajstić information content (AvgIpc) is 2.95. The Labute approximate surface area is 149 Å². The van der Waals surface area contributed by atoms with E-state index in [0.29, 0.717) is 22.2 Å². The summed E-state index contributed by atoms with van der Waals surface area (Å²) in [4.78, 5) is 2.98. The van der Waals surface area contributed by atoms with Crippen LogP contribution in [0.15, 0.2) is 35.4 Å². The zero-order chi connectivity index (χ0) is 17.3. The average molecular weight is 364 g/mol. The third-order valence-corrected chi connectivity index (χ3v) is 5.13. The summed E-state index contributed by atoms with van der Waals surface area (Å²) in [5.41, 5.74) is 11.8. The molecule has 0 bridgehead atoms. The van der Waals surface area contributed by atoms with E-state index < -0.39 is 0 Å². The Morgan fingerprint density at radius 3 is 2.50 bits per heavy atom. The van der Waals surface area contributed by atoms with Crippen LogP contribution in [0.4, 0.5) is 0 Å². The van der Waals surface area contributed by atoms with Gasteiger partial charge in [0.15, 0.2) is 0 Å². The summed E-state index contributed by atoms with van der Waals surface area (Å²) in [7, 11) is 3.18. The van der Waals surface area contributed by atoms with Gasteiger partial charge in [-0.1, -0.05) is 40.4 Å². The summed E-state index contributed by atoms with van der Waals surface area (Å²) in [6, 6.07) is 9.21. The zero-order valence-corrected chi connectivity index (χ0v) is 14.7. The Balaban J connectivity index is 2.15. The summed E-state index contributed by atoms with van der Waals surface area (Å²) in [6.07, 6.45) is 0.640. The number of hydrogen-bond donors (Lipinski definition) is 0. The molecule has 2 atom stereocenters. The predicted molar refractivity (Wildman–Crippen MR) is 94.4 cm³/mol. The van der Waals surface area contributed by atoms with Crippen LogP contribution in [0.3, 0.4) is 0 Å². The highest BCUT2D eigenvalue weighted by Gasteiger charge is 2.34. The number of azide groups is 1. The molecule has 0 fully saturated rings. The molecule has 5 nitrogen and oxygen atoms in total. The van der Waals surface area contributed by atoms with E-state index in [1.807, 2.05) is 24.3 Å². The Morgan fingerprint density at radius 1 is 1.08 bits per heavy atom. The van der Waals surface area contributed by atoms with Gasteiger partial charge in [-0.25, -0.2) is 0 Å². The second-order valence-corrected chi connectivity index (χ2v) is 6.27. The highest BCUT2D eigenvalue weighted by molar-refractivity contribution is 6.43. The molecule has 1 aliphatic rings. The monoisotopic (exact) mass is 363 g/mol. The number of halogens is 2. The van der Waals surface area contributed by atoms with E-state index in [2.05, 4.69) is 10.0 Å². The van der Waals surface area contributed by atoms with E-state index in [0.717, 1.165) is 22.4 Å². The fraction of sp³-hybridized carbons (Fsp3) is 0.294. The van der Waals surface area contributed by atoms with E-state index in [9.17, 15) is 0 Å². The fourth-order valence-corrected chi connectivity index (χ4v) is 3.66. The van der Waals surface area contributed by atoms with Crippen molar-refractivity contribution in [3.63, 3.8) is 0 Å². The van der Waals surface area contributed by atoms with E-state index in [4.69, 9.17) is 38.2 Å². The maximum absolute atomic E-state index is 8.88. The molecular formula is C17H15Cl2N3O2. The van der Waals surface area contributed by atoms with Crippen molar-refractivity contribution in [1.82, 2.24) is 0 Å². The number of ether oxygens (including phenoxy) is 2. The molecule has 1 aliphatic carbocycles. The highest BCUT2D eigenvalue weighted by Crippen LogP contribution is 2.51. The summed E-state index contributed by atoms with van der Waals surface area (Å²) >= 11 is 12.4. The normalized spacial score (nSPS) is 18.7. The van der Waals surface area contributed by atoms with Crippen LogP contribution in [0, 0.1) is 0 Å². The standard InChI is InChI=1S/C17H15Cl2N3O2/c1-23-9-3-4-10-12(8-15(21-22-20)13(10)7-9)11-5-6-14(18)16(19)17(11)24-2/h3-7,12,15H,8H2,1-2H3/t12-,15-/m1/s1. The van der Waals surface area contributed by atoms with Crippen LogP contribution >= 0.6 is 23.2 Å². The molecule has 2 aromatic carbocycles. The van der Waals surface area contributed by atoms with Gasteiger partial charge in [0.05, 0.1) is 25.3 Å². The third-order valence-electron chi connectivity index (χ3n) is 4.34. The van der Waals surface area contributed by atoms with Gasteiger partial charge in [-0.2, -0.15) is 0 Å². The van der Waals surface area contributed by atoms with Gasteiger partial charge in [0, 0.05) is 16.4 Å². The van der Waals surface area contributed by atoms with E-state index >= 15 is 0 Å². The molecule has 24 heavy (non-hydrogen) atoms. The predicted octanol–water partition coefficient (Wildman–Crippen LogP) is 5.90. The molecule has 0 N–H and O–H groups in total. The summed E-state index contributed by atoms with van der Waals surface area (Å²) in [5, 5.41) is 4.77. The summed E-state index contributed by atoms with van der Waals surface area (Å²) in [6.45, 7) is 0. The maximum Gasteiger partial charge on any atom is 0.142 e. The lowest BCUT2D eigenvalue weighted by molar-refractivity contribution is 0.407. The first kappa shape index (κ1) is 16.8. The van der Waals surface area contributed by atoms with Gasteiger partial charge < -0.3 is 9.47 Å². The summed E-state index contributed by atoms with van der Waals surface area (Å²) in [5.74, 6) is 1.29. The van der Waals surface area contributed by atoms with Gasteiger partial charge >= 0.3 is 0 Å². The van der Waals surface area contributed by atoms with Crippen LogP contribution in [-0.2, 0) is 0 Å². The van der Waals surface area contributed by atoms with E-state index in [1.165, 1.54) is 0 Å². The number of rotatable bonds is 4. The molecule has 3 rings (SSSR count). The number of hydrogen-bond acceptors (Lipinski definition) is 3. The first-order valence-electron chi connectivity index (χ1n) is 7.34. The van der Waals surface area contributed by atoms with Crippen LogP contribution in [0.1, 0.15) is 35.1 Å². The molecule has 0 aliphatic heterocycles. The van der Waals surface area contributed by atoms with Crippen LogP contribution in [0.5, 0.6) is 11.5 Å². The number of benzene rings is 2. The van der Waals surface area contributed by atoms with Gasteiger partial charge in [0.2, 0.25) is 0 Å². The van der Waals surface area contributed by atoms with Crippen molar-refractivity contribution in [2.45, 2.75) is 18.4 Å². The van der Waals surface area contributed by atoms with Gasteiger partial charge in [-0.05, 0) is 41.3 Å². The molecule has 0 aromatic heterocycles. The largest absolute Gasteiger partial charge is 0.497 e. The Kier molecular flexibility index (Phi) is 4.76. The van der Waals surface area contributed by atoms with E-state index in [1.54, 1.807) is 20.3 Å². The summed E-state index contributed by atoms with van der Waals surface area (Å²) < 4.78 is 10.8. The van der Waals surface area contributed by atoms with Gasteiger partial charge in [-0.15, -0.1) is 0 Å². The Bertz CT molecular complexity index is 835. The minimum absolute atomic E-state index is 0.00567. The van der Waals surface area contributed by atoms with Crippen molar-refractivity contribution in [3.05, 3.63) is 67.5 Å². The molecule has 0 saturated heterocycles. The van der Waals surface area contributed by atoms with Gasteiger partial charge in [-0.3, -0.25) is 0 Å². The molecule has 124 valence electrons. The molecule has 7 heteroatoms. The van der Waals surface area contributed by atoms with Gasteiger partial charge in [0.1, 0.15) is 16.5 Å². The first-order chi connectivity index (χ1) is 11.6. The Morgan fingerprint density at radius 2 is 1.83 bits per heavy atom. The molecular weight excluding hydrogens is 349 g/mol. The van der Waals surface area contributed by atoms with E-state index in [-0.39, 0.29) is 12.0 Å². The van der Waals surface area contributed by atoms with Crippen LogP contribution in [0.2, 0.25) is 10.0 Å². The Hall–Kier alpha value is -2.07. The van der Waals surface area contributed by atoms with Crippen molar-refractivity contribution in [2.75, 3.05) is 14.2 Å². The SMILES string of the molecule is COc1ccc2c(c1)[C@H](N=[N+]=[N-])C[C@H]2c1ccc(Cl)c(Cl)c1OC. The minimum Gasteiger partial charge on any atom is -0.497 e. The topological polar surface area (TPSA) is 67.2 Å². The quantitative estimate of drug-likeness (QED) is 0.385. The van der Waals surface area contributed by atoms with Crippen LogP contribution in [-0.4, -0.2) is 14.2 Å².